The molecule has 22 heavy (non-hydrogen) atoms. The van der Waals surface area contributed by atoms with Crippen molar-refractivity contribution in [2.24, 2.45) is 0 Å². The summed E-state index contributed by atoms with van der Waals surface area (Å²) in [5, 5.41) is 5.00. The summed E-state index contributed by atoms with van der Waals surface area (Å²) >= 11 is 1.59. The fourth-order valence-electron chi connectivity index (χ4n) is 2.19. The molecule has 2 heterocycles. The number of pyridine rings is 1. The van der Waals surface area contributed by atoms with Gasteiger partial charge in [-0.25, -0.2) is 0 Å². The van der Waals surface area contributed by atoms with Gasteiger partial charge in [-0.2, -0.15) is 0 Å². The van der Waals surface area contributed by atoms with Gasteiger partial charge in [0.1, 0.15) is 0 Å². The number of amides is 1. The molecule has 1 unspecified atom stereocenters. The zero-order valence-corrected chi connectivity index (χ0v) is 12.5. The van der Waals surface area contributed by atoms with Crippen molar-refractivity contribution in [1.29, 1.82) is 0 Å². The minimum absolute atomic E-state index is 0.208. The number of rotatable bonds is 4. The molecule has 3 aromatic rings. The third-order valence-corrected chi connectivity index (χ3v) is 4.22. The number of nitrogens with one attached hydrogen (secondary N) is 2. The Labute approximate surface area is 131 Å². The minimum atomic E-state index is -0.227. The van der Waals surface area contributed by atoms with E-state index < -0.39 is 0 Å². The van der Waals surface area contributed by atoms with E-state index >= 15 is 0 Å². The van der Waals surface area contributed by atoms with Crippen LogP contribution >= 0.6 is 11.3 Å². The van der Waals surface area contributed by atoms with Gasteiger partial charge in [-0.05, 0) is 23.1 Å². The Balaban J connectivity index is 1.89. The number of carbonyl (C=O) groups excluding carboxylic acids is 1. The van der Waals surface area contributed by atoms with E-state index in [9.17, 15) is 9.59 Å². The summed E-state index contributed by atoms with van der Waals surface area (Å²) in [6, 6.07) is 16.4. The maximum Gasteiger partial charge on any atom is 0.253 e. The molecule has 4 nitrogen and oxygen atoms in total. The second-order valence-corrected chi connectivity index (χ2v) is 5.75. The standard InChI is InChI=1S/C17H14N2O2S/c20-15-9-8-13(11-18-15)17(21)19-16(14-7-4-10-22-14)12-5-2-1-3-6-12/h1-11,16H,(H,18,20)(H,19,21). The lowest BCUT2D eigenvalue weighted by molar-refractivity contribution is 0.0943. The highest BCUT2D eigenvalue weighted by atomic mass is 32.1. The molecule has 5 heteroatoms. The van der Waals surface area contributed by atoms with E-state index in [1.54, 1.807) is 11.3 Å². The fraction of sp³-hybridized carbons (Fsp3) is 0.0588. The monoisotopic (exact) mass is 310 g/mol. The fourth-order valence-corrected chi connectivity index (χ4v) is 2.99. The predicted molar refractivity (Wildman–Crippen MR) is 87.1 cm³/mol. The third kappa shape index (κ3) is 3.15. The number of aromatic nitrogens is 1. The van der Waals surface area contributed by atoms with Crippen molar-refractivity contribution in [3.63, 3.8) is 0 Å². The largest absolute Gasteiger partial charge is 0.340 e. The van der Waals surface area contributed by atoms with Gasteiger partial charge in [0, 0.05) is 17.1 Å². The molecule has 0 saturated heterocycles. The van der Waals surface area contributed by atoms with Gasteiger partial charge in [-0.3, -0.25) is 9.59 Å². The number of thiophene rings is 1. The first kappa shape index (κ1) is 14.3. The van der Waals surface area contributed by atoms with E-state index in [4.69, 9.17) is 0 Å². The summed E-state index contributed by atoms with van der Waals surface area (Å²) < 4.78 is 0. The highest BCUT2D eigenvalue weighted by Crippen LogP contribution is 2.26. The van der Waals surface area contributed by atoms with Gasteiger partial charge in [-0.1, -0.05) is 36.4 Å². The molecule has 0 fully saturated rings. The first-order chi connectivity index (χ1) is 10.7. The molecule has 0 radical (unpaired) electrons. The number of aromatic amines is 1. The normalized spacial score (nSPS) is 11.8. The quantitative estimate of drug-likeness (QED) is 0.778. The number of hydrogen-bond donors (Lipinski definition) is 2. The Kier molecular flexibility index (Phi) is 4.16. The summed E-state index contributed by atoms with van der Waals surface area (Å²) in [5.41, 5.74) is 1.22. The number of H-pyrrole nitrogens is 1. The van der Waals surface area contributed by atoms with Crippen LogP contribution in [0.3, 0.4) is 0 Å². The van der Waals surface area contributed by atoms with Gasteiger partial charge in [-0.15, -0.1) is 11.3 Å². The first-order valence-electron chi connectivity index (χ1n) is 6.82. The summed E-state index contributed by atoms with van der Waals surface area (Å²) in [6.07, 6.45) is 1.42. The Morgan fingerprint density at radius 2 is 1.86 bits per heavy atom. The Morgan fingerprint density at radius 3 is 2.50 bits per heavy atom. The van der Waals surface area contributed by atoms with Crippen molar-refractivity contribution in [3.8, 4) is 0 Å². The Bertz CT molecular complexity index is 790. The van der Waals surface area contributed by atoms with Crippen LogP contribution in [0.15, 0.2) is 71.0 Å². The van der Waals surface area contributed by atoms with Crippen LogP contribution in [0.5, 0.6) is 0 Å². The van der Waals surface area contributed by atoms with Crippen molar-refractivity contribution in [2.75, 3.05) is 0 Å². The maximum absolute atomic E-state index is 12.4. The van der Waals surface area contributed by atoms with Gasteiger partial charge in [0.05, 0.1) is 11.6 Å². The second-order valence-electron chi connectivity index (χ2n) is 4.77. The van der Waals surface area contributed by atoms with E-state index in [1.165, 1.54) is 18.3 Å². The summed E-state index contributed by atoms with van der Waals surface area (Å²) in [5.74, 6) is -0.224. The molecule has 3 rings (SSSR count). The van der Waals surface area contributed by atoms with Crippen LogP contribution in [-0.4, -0.2) is 10.9 Å². The summed E-state index contributed by atoms with van der Waals surface area (Å²) in [4.78, 5) is 27.1. The van der Waals surface area contributed by atoms with Crippen LogP contribution in [0.2, 0.25) is 0 Å². The van der Waals surface area contributed by atoms with Crippen LogP contribution in [0.1, 0.15) is 26.8 Å². The molecule has 0 aliphatic rings. The van der Waals surface area contributed by atoms with Gasteiger partial charge >= 0.3 is 0 Å². The molecular weight excluding hydrogens is 296 g/mol. The SMILES string of the molecule is O=C(NC(c1ccccc1)c1cccs1)c1ccc(=O)[nH]c1. The van der Waals surface area contributed by atoms with Crippen molar-refractivity contribution in [2.45, 2.75) is 6.04 Å². The summed E-state index contributed by atoms with van der Waals surface area (Å²) in [7, 11) is 0. The molecule has 2 N–H and O–H groups in total. The van der Waals surface area contributed by atoms with E-state index in [-0.39, 0.29) is 17.5 Å². The smallest absolute Gasteiger partial charge is 0.253 e. The molecule has 1 aromatic carbocycles. The van der Waals surface area contributed by atoms with Gasteiger partial charge < -0.3 is 10.3 Å². The van der Waals surface area contributed by atoms with Gasteiger partial charge in [0.2, 0.25) is 5.56 Å². The van der Waals surface area contributed by atoms with Crippen LogP contribution in [0.4, 0.5) is 0 Å². The van der Waals surface area contributed by atoms with Crippen LogP contribution < -0.4 is 10.9 Å². The minimum Gasteiger partial charge on any atom is -0.340 e. The Morgan fingerprint density at radius 1 is 1.05 bits per heavy atom. The van der Waals surface area contributed by atoms with E-state index in [0.29, 0.717) is 5.56 Å². The maximum atomic E-state index is 12.4. The van der Waals surface area contributed by atoms with Crippen molar-refractivity contribution >= 4 is 17.2 Å². The number of hydrogen-bond acceptors (Lipinski definition) is 3. The molecule has 1 atom stereocenters. The van der Waals surface area contributed by atoms with E-state index in [2.05, 4.69) is 10.3 Å². The van der Waals surface area contributed by atoms with Crippen LogP contribution in [0.25, 0.3) is 0 Å². The average Bonchev–Trinajstić information content (AvgIpc) is 3.08. The topological polar surface area (TPSA) is 62.0 Å². The van der Waals surface area contributed by atoms with E-state index in [1.807, 2.05) is 47.8 Å². The molecule has 1 amide bonds. The molecule has 110 valence electrons. The van der Waals surface area contributed by atoms with Crippen LogP contribution in [-0.2, 0) is 0 Å². The highest BCUT2D eigenvalue weighted by molar-refractivity contribution is 7.10. The third-order valence-electron chi connectivity index (χ3n) is 3.28. The predicted octanol–water partition coefficient (Wildman–Crippen LogP) is 2.96. The lowest BCUT2D eigenvalue weighted by Gasteiger charge is -2.18. The number of benzene rings is 1. The molecule has 0 aliphatic heterocycles. The van der Waals surface area contributed by atoms with Gasteiger partial charge in [0.25, 0.3) is 5.91 Å². The highest BCUT2D eigenvalue weighted by Gasteiger charge is 2.18. The zero-order chi connectivity index (χ0) is 15.4. The van der Waals surface area contributed by atoms with Crippen molar-refractivity contribution in [1.82, 2.24) is 10.3 Å². The van der Waals surface area contributed by atoms with Crippen molar-refractivity contribution in [3.05, 3.63) is 92.5 Å². The second kappa shape index (κ2) is 6.41. The zero-order valence-electron chi connectivity index (χ0n) is 11.7. The molecule has 2 aromatic heterocycles. The summed E-state index contributed by atoms with van der Waals surface area (Å²) in [6.45, 7) is 0. The molecule has 0 bridgehead atoms. The lowest BCUT2D eigenvalue weighted by atomic mass is 10.0. The average molecular weight is 310 g/mol. The first-order valence-corrected chi connectivity index (χ1v) is 7.70. The van der Waals surface area contributed by atoms with Crippen LogP contribution in [0, 0.1) is 0 Å². The lowest BCUT2D eigenvalue weighted by Crippen LogP contribution is -2.29. The molecule has 0 aliphatic carbocycles. The molecular formula is C17H14N2O2S. The molecule has 0 spiro atoms. The molecule has 0 saturated carbocycles. The number of carbonyl (C=O) groups is 1. The Hall–Kier alpha value is -2.66. The van der Waals surface area contributed by atoms with Gasteiger partial charge in [0.15, 0.2) is 0 Å². The van der Waals surface area contributed by atoms with E-state index in [0.717, 1.165) is 10.4 Å². The van der Waals surface area contributed by atoms with Crippen molar-refractivity contribution < 1.29 is 4.79 Å².